The molecule has 0 spiro atoms. The van der Waals surface area contributed by atoms with Gasteiger partial charge >= 0.3 is 0 Å². The number of hydrogen-bond acceptors (Lipinski definition) is 4. The Balaban J connectivity index is 3.32. The van der Waals surface area contributed by atoms with Gasteiger partial charge in [-0.1, -0.05) is 0 Å². The van der Waals surface area contributed by atoms with Crippen LogP contribution in [0.25, 0.3) is 0 Å². The van der Waals surface area contributed by atoms with Gasteiger partial charge in [-0.2, -0.15) is 0 Å². The van der Waals surface area contributed by atoms with Gasteiger partial charge in [-0.3, -0.25) is 9.78 Å². The predicted molar refractivity (Wildman–Crippen MR) is 43.6 cm³/mol. The molecule has 0 radical (unpaired) electrons. The molecule has 1 aromatic rings. The minimum atomic E-state index is -0.304. The third-order valence-electron chi connectivity index (χ3n) is 1.38. The number of aromatic amines is 1. The summed E-state index contributed by atoms with van der Waals surface area (Å²) in [5.74, 6) is 0.432. The van der Waals surface area contributed by atoms with Gasteiger partial charge < -0.3 is 11.1 Å². The van der Waals surface area contributed by atoms with E-state index in [1.165, 1.54) is 0 Å². The van der Waals surface area contributed by atoms with E-state index in [2.05, 4.69) is 15.3 Å². The molecular formula is C6H10N4O. The lowest BCUT2D eigenvalue weighted by Crippen LogP contribution is -2.16. The van der Waals surface area contributed by atoms with Crippen LogP contribution in [0, 0.1) is 6.92 Å². The van der Waals surface area contributed by atoms with Gasteiger partial charge in [0.25, 0.3) is 5.56 Å². The molecule has 0 saturated heterocycles. The number of nitrogens with one attached hydrogen (secondary N) is 2. The quantitative estimate of drug-likeness (QED) is 0.518. The fourth-order valence-corrected chi connectivity index (χ4v) is 0.713. The Morgan fingerprint density at radius 3 is 2.73 bits per heavy atom. The van der Waals surface area contributed by atoms with Crippen molar-refractivity contribution in [2.24, 2.45) is 0 Å². The standard InChI is InChI=1S/C6H10N4O/c1-3-4(7)5(11)10-6(8-2)9-3/h7H2,1-2H3,(H2,8,9,10,11). The van der Waals surface area contributed by atoms with Crippen LogP contribution in [0.4, 0.5) is 11.6 Å². The molecule has 1 heterocycles. The maximum atomic E-state index is 11.0. The topological polar surface area (TPSA) is 83.8 Å². The van der Waals surface area contributed by atoms with Crippen molar-refractivity contribution >= 4 is 11.6 Å². The van der Waals surface area contributed by atoms with E-state index in [0.29, 0.717) is 11.6 Å². The Hall–Kier alpha value is -1.52. The molecule has 5 heteroatoms. The number of nitrogens with zero attached hydrogens (tertiary/aromatic N) is 1. The second kappa shape index (κ2) is 2.61. The van der Waals surface area contributed by atoms with Crippen LogP contribution >= 0.6 is 0 Å². The summed E-state index contributed by atoms with van der Waals surface area (Å²) in [6.45, 7) is 1.69. The van der Waals surface area contributed by atoms with Gasteiger partial charge in [0.1, 0.15) is 5.69 Å². The third-order valence-corrected chi connectivity index (χ3v) is 1.38. The first kappa shape index (κ1) is 7.59. The summed E-state index contributed by atoms with van der Waals surface area (Å²) in [7, 11) is 1.67. The minimum Gasteiger partial charge on any atom is -0.393 e. The molecule has 5 nitrogen and oxygen atoms in total. The monoisotopic (exact) mass is 154 g/mol. The zero-order valence-corrected chi connectivity index (χ0v) is 6.43. The Kier molecular flexibility index (Phi) is 1.80. The van der Waals surface area contributed by atoms with Crippen LogP contribution in [-0.4, -0.2) is 17.0 Å². The zero-order chi connectivity index (χ0) is 8.43. The van der Waals surface area contributed by atoms with Crippen LogP contribution < -0.4 is 16.6 Å². The average Bonchev–Trinajstić information content (AvgIpc) is 1.99. The summed E-state index contributed by atoms with van der Waals surface area (Å²) in [4.78, 5) is 17.4. The number of nitrogen functional groups attached to an aromatic ring is 1. The summed E-state index contributed by atoms with van der Waals surface area (Å²) >= 11 is 0. The van der Waals surface area contributed by atoms with Crippen LogP contribution in [0.15, 0.2) is 4.79 Å². The van der Waals surface area contributed by atoms with Crippen molar-refractivity contribution in [1.82, 2.24) is 9.97 Å². The molecule has 11 heavy (non-hydrogen) atoms. The average molecular weight is 154 g/mol. The van der Waals surface area contributed by atoms with E-state index >= 15 is 0 Å². The lowest BCUT2D eigenvalue weighted by Gasteiger charge is -2.01. The maximum Gasteiger partial charge on any atom is 0.275 e. The first-order chi connectivity index (χ1) is 5.15. The molecule has 4 N–H and O–H groups in total. The van der Waals surface area contributed by atoms with Crippen molar-refractivity contribution in [3.05, 3.63) is 16.0 Å². The lowest BCUT2D eigenvalue weighted by molar-refractivity contribution is 1.07. The van der Waals surface area contributed by atoms with Crippen molar-refractivity contribution in [3.63, 3.8) is 0 Å². The van der Waals surface area contributed by atoms with Crippen LogP contribution in [0.2, 0.25) is 0 Å². The highest BCUT2D eigenvalue weighted by molar-refractivity contribution is 5.42. The summed E-state index contributed by atoms with van der Waals surface area (Å²) in [5, 5.41) is 2.71. The smallest absolute Gasteiger partial charge is 0.275 e. The van der Waals surface area contributed by atoms with Gasteiger partial charge in [0.2, 0.25) is 5.95 Å². The maximum absolute atomic E-state index is 11.0. The zero-order valence-electron chi connectivity index (χ0n) is 6.43. The normalized spacial score (nSPS) is 9.64. The van der Waals surface area contributed by atoms with E-state index in [1.54, 1.807) is 14.0 Å². The lowest BCUT2D eigenvalue weighted by atomic mass is 10.4. The third kappa shape index (κ3) is 1.31. The molecule has 0 aromatic carbocycles. The summed E-state index contributed by atoms with van der Waals surface area (Å²) in [6, 6.07) is 0. The van der Waals surface area contributed by atoms with Gasteiger partial charge in [-0.25, -0.2) is 4.98 Å². The molecule has 60 valence electrons. The van der Waals surface area contributed by atoms with Gasteiger partial charge in [-0.05, 0) is 6.92 Å². The predicted octanol–water partition coefficient (Wildman–Crippen LogP) is -0.298. The van der Waals surface area contributed by atoms with E-state index in [0.717, 1.165) is 0 Å². The molecule has 0 aliphatic heterocycles. The molecule has 1 rings (SSSR count). The van der Waals surface area contributed by atoms with Crippen LogP contribution in [0.3, 0.4) is 0 Å². The molecule has 0 amide bonds. The van der Waals surface area contributed by atoms with Crippen molar-refractivity contribution < 1.29 is 0 Å². The molecule has 0 atom stereocenters. The fourth-order valence-electron chi connectivity index (χ4n) is 0.713. The van der Waals surface area contributed by atoms with Crippen LogP contribution in [-0.2, 0) is 0 Å². The number of hydrogen-bond donors (Lipinski definition) is 3. The molecule has 0 unspecified atom stereocenters. The van der Waals surface area contributed by atoms with Crippen LogP contribution in [0.1, 0.15) is 5.69 Å². The second-order valence-corrected chi connectivity index (χ2v) is 2.16. The molecule has 1 aromatic heterocycles. The van der Waals surface area contributed by atoms with Crippen molar-refractivity contribution in [2.75, 3.05) is 18.1 Å². The SMILES string of the molecule is CNc1nc(C)c(N)c(=O)[nH]1. The molecule has 0 fully saturated rings. The summed E-state index contributed by atoms with van der Waals surface area (Å²) in [5.41, 5.74) is 5.78. The first-order valence-electron chi connectivity index (χ1n) is 3.19. The molecule has 0 aliphatic carbocycles. The summed E-state index contributed by atoms with van der Waals surface area (Å²) < 4.78 is 0. The fraction of sp³-hybridized carbons (Fsp3) is 0.333. The van der Waals surface area contributed by atoms with Crippen molar-refractivity contribution in [3.8, 4) is 0 Å². The first-order valence-corrected chi connectivity index (χ1v) is 3.19. The van der Waals surface area contributed by atoms with Crippen molar-refractivity contribution in [1.29, 1.82) is 0 Å². The van der Waals surface area contributed by atoms with E-state index in [1.807, 2.05) is 0 Å². The Labute approximate surface area is 63.7 Å². The summed E-state index contributed by atoms with van der Waals surface area (Å²) in [6.07, 6.45) is 0. The number of H-pyrrole nitrogens is 1. The van der Waals surface area contributed by atoms with Crippen LogP contribution in [0.5, 0.6) is 0 Å². The highest BCUT2D eigenvalue weighted by Gasteiger charge is 2.01. The Bertz CT molecular complexity index is 317. The van der Waals surface area contributed by atoms with Gasteiger partial charge in [0, 0.05) is 7.05 Å². The van der Waals surface area contributed by atoms with E-state index < -0.39 is 0 Å². The van der Waals surface area contributed by atoms with E-state index in [9.17, 15) is 4.79 Å². The van der Waals surface area contributed by atoms with E-state index in [4.69, 9.17) is 5.73 Å². The second-order valence-electron chi connectivity index (χ2n) is 2.16. The number of aromatic nitrogens is 2. The van der Waals surface area contributed by atoms with Gasteiger partial charge in [0.15, 0.2) is 0 Å². The Morgan fingerprint density at radius 1 is 1.64 bits per heavy atom. The number of aryl methyl sites for hydroxylation is 1. The molecule has 0 bridgehead atoms. The molecule has 0 aliphatic rings. The largest absolute Gasteiger partial charge is 0.393 e. The Morgan fingerprint density at radius 2 is 2.27 bits per heavy atom. The number of nitrogens with two attached hydrogens (primary N) is 1. The molecular weight excluding hydrogens is 144 g/mol. The minimum absolute atomic E-state index is 0.170. The number of anilines is 2. The van der Waals surface area contributed by atoms with Gasteiger partial charge in [0.05, 0.1) is 5.69 Å². The highest BCUT2D eigenvalue weighted by atomic mass is 16.1. The molecule has 0 saturated carbocycles. The number of rotatable bonds is 1. The van der Waals surface area contributed by atoms with Crippen molar-refractivity contribution in [2.45, 2.75) is 6.92 Å². The van der Waals surface area contributed by atoms with E-state index in [-0.39, 0.29) is 11.2 Å². The van der Waals surface area contributed by atoms with Gasteiger partial charge in [-0.15, -0.1) is 0 Å². The highest BCUT2D eigenvalue weighted by Crippen LogP contribution is 2.01.